The van der Waals surface area contributed by atoms with E-state index < -0.39 is 0 Å². The minimum atomic E-state index is -0.208. The number of fused-ring (bicyclic) bond motifs is 1. The Labute approximate surface area is 176 Å². The molecule has 1 aromatic heterocycles. The first kappa shape index (κ1) is 20.3. The van der Waals surface area contributed by atoms with Crippen LogP contribution in [0.4, 0.5) is 0 Å². The van der Waals surface area contributed by atoms with Gasteiger partial charge in [0, 0.05) is 38.1 Å². The average molecular weight is 405 g/mol. The third-order valence-electron chi connectivity index (χ3n) is 5.81. The number of nitrogens with zero attached hydrogens (tertiary/aromatic N) is 4. The fourth-order valence-electron chi connectivity index (χ4n) is 4.07. The van der Waals surface area contributed by atoms with Gasteiger partial charge in [0.1, 0.15) is 6.54 Å². The summed E-state index contributed by atoms with van der Waals surface area (Å²) in [6, 6.07) is 16.0. The van der Waals surface area contributed by atoms with Crippen molar-refractivity contribution in [3.8, 4) is 0 Å². The largest absolute Gasteiger partial charge is 0.340 e. The summed E-state index contributed by atoms with van der Waals surface area (Å²) in [5.41, 5.74) is 3.11. The van der Waals surface area contributed by atoms with Gasteiger partial charge in [-0.2, -0.15) is 5.10 Å². The van der Waals surface area contributed by atoms with E-state index in [4.69, 9.17) is 0 Å². The van der Waals surface area contributed by atoms with E-state index >= 15 is 0 Å². The van der Waals surface area contributed by atoms with Gasteiger partial charge in [-0.3, -0.25) is 14.5 Å². The molecular formula is C24H28N4O2. The molecule has 0 saturated carbocycles. The van der Waals surface area contributed by atoms with Crippen molar-refractivity contribution in [1.29, 1.82) is 0 Å². The third-order valence-corrected chi connectivity index (χ3v) is 5.81. The quantitative estimate of drug-likeness (QED) is 0.671. The maximum atomic E-state index is 12.9. The summed E-state index contributed by atoms with van der Waals surface area (Å²) in [5.74, 6) is -0.0449. The molecule has 6 heteroatoms. The molecule has 6 nitrogen and oxygen atoms in total. The van der Waals surface area contributed by atoms with Crippen LogP contribution in [-0.4, -0.2) is 51.7 Å². The lowest BCUT2D eigenvalue weighted by atomic mass is 10.1. The van der Waals surface area contributed by atoms with E-state index in [1.54, 1.807) is 6.07 Å². The molecule has 0 spiro atoms. The maximum Gasteiger partial charge on any atom is 0.275 e. The summed E-state index contributed by atoms with van der Waals surface area (Å²) in [7, 11) is 0. The molecule has 156 valence electrons. The van der Waals surface area contributed by atoms with Crippen LogP contribution in [0, 0.1) is 13.8 Å². The van der Waals surface area contributed by atoms with Crippen molar-refractivity contribution in [1.82, 2.24) is 19.6 Å². The van der Waals surface area contributed by atoms with E-state index in [1.807, 2.05) is 30.0 Å². The summed E-state index contributed by atoms with van der Waals surface area (Å²) >= 11 is 0. The lowest BCUT2D eigenvalue weighted by molar-refractivity contribution is -0.132. The Bertz CT molecular complexity index is 1100. The molecule has 4 rings (SSSR count). The second kappa shape index (κ2) is 8.79. The average Bonchev–Trinajstić information content (AvgIpc) is 2.99. The molecule has 1 amide bonds. The van der Waals surface area contributed by atoms with Gasteiger partial charge in [-0.1, -0.05) is 48.0 Å². The Kier molecular flexibility index (Phi) is 5.95. The molecule has 1 saturated heterocycles. The molecule has 0 radical (unpaired) electrons. The minimum Gasteiger partial charge on any atom is -0.340 e. The molecule has 0 bridgehead atoms. The lowest BCUT2D eigenvalue weighted by Gasteiger charge is -2.22. The van der Waals surface area contributed by atoms with E-state index in [1.165, 1.54) is 15.8 Å². The zero-order chi connectivity index (χ0) is 21.1. The van der Waals surface area contributed by atoms with E-state index in [-0.39, 0.29) is 18.0 Å². The highest BCUT2D eigenvalue weighted by atomic mass is 16.2. The Morgan fingerprint density at radius 1 is 0.933 bits per heavy atom. The first-order valence-electron chi connectivity index (χ1n) is 10.5. The molecule has 1 fully saturated rings. The normalized spacial score (nSPS) is 15.3. The van der Waals surface area contributed by atoms with Crippen LogP contribution in [0.5, 0.6) is 0 Å². The van der Waals surface area contributed by atoms with Crippen LogP contribution >= 0.6 is 0 Å². The number of rotatable bonds is 4. The van der Waals surface area contributed by atoms with Gasteiger partial charge in [-0.25, -0.2) is 4.68 Å². The van der Waals surface area contributed by atoms with Crippen LogP contribution in [0.15, 0.2) is 53.3 Å². The summed E-state index contributed by atoms with van der Waals surface area (Å²) in [4.78, 5) is 30.0. The molecule has 2 aromatic carbocycles. The molecule has 30 heavy (non-hydrogen) atoms. The van der Waals surface area contributed by atoms with Crippen molar-refractivity contribution in [2.45, 2.75) is 33.4 Å². The number of benzene rings is 2. The predicted octanol–water partition coefficient (Wildman–Crippen LogP) is 2.75. The monoisotopic (exact) mass is 404 g/mol. The lowest BCUT2D eigenvalue weighted by Crippen LogP contribution is -2.39. The number of aryl methyl sites for hydroxylation is 2. The van der Waals surface area contributed by atoms with Crippen LogP contribution in [-0.2, 0) is 17.9 Å². The second-order valence-electron chi connectivity index (χ2n) is 8.09. The summed E-state index contributed by atoms with van der Waals surface area (Å²) in [6.07, 6.45) is 0.927. The fourth-order valence-corrected chi connectivity index (χ4v) is 4.07. The summed E-state index contributed by atoms with van der Waals surface area (Å²) in [5, 5.41) is 5.83. The first-order valence-corrected chi connectivity index (χ1v) is 10.5. The highest BCUT2D eigenvalue weighted by Gasteiger charge is 2.20. The van der Waals surface area contributed by atoms with Crippen molar-refractivity contribution in [3.05, 3.63) is 75.7 Å². The van der Waals surface area contributed by atoms with Gasteiger partial charge < -0.3 is 4.90 Å². The van der Waals surface area contributed by atoms with Gasteiger partial charge in [0.15, 0.2) is 0 Å². The smallest absolute Gasteiger partial charge is 0.275 e. The van der Waals surface area contributed by atoms with Crippen LogP contribution in [0.2, 0.25) is 0 Å². The summed E-state index contributed by atoms with van der Waals surface area (Å²) < 4.78 is 1.31. The molecule has 0 N–H and O–H groups in total. The number of hydrogen-bond acceptors (Lipinski definition) is 4. The van der Waals surface area contributed by atoms with E-state index in [0.29, 0.717) is 18.5 Å². The molecule has 1 aliphatic rings. The summed E-state index contributed by atoms with van der Waals surface area (Å²) in [6.45, 7) is 8.03. The van der Waals surface area contributed by atoms with E-state index in [0.717, 1.165) is 37.1 Å². The number of carbonyl (C=O) groups excluding carboxylic acids is 1. The van der Waals surface area contributed by atoms with E-state index in [2.05, 4.69) is 41.2 Å². The van der Waals surface area contributed by atoms with E-state index in [9.17, 15) is 9.59 Å². The van der Waals surface area contributed by atoms with Gasteiger partial charge in [-0.05, 0) is 31.9 Å². The topological polar surface area (TPSA) is 58.4 Å². The third kappa shape index (κ3) is 4.44. The van der Waals surface area contributed by atoms with Crippen molar-refractivity contribution >= 4 is 16.7 Å². The Morgan fingerprint density at radius 3 is 2.43 bits per heavy atom. The zero-order valence-electron chi connectivity index (χ0n) is 17.7. The Hall–Kier alpha value is -2.99. The molecule has 0 atom stereocenters. The molecule has 0 unspecified atom stereocenters. The molecule has 0 aliphatic carbocycles. The number of amides is 1. The molecular weight excluding hydrogens is 376 g/mol. The highest BCUT2D eigenvalue weighted by molar-refractivity contribution is 5.83. The van der Waals surface area contributed by atoms with Gasteiger partial charge >= 0.3 is 0 Å². The molecule has 3 aromatic rings. The SMILES string of the molecule is Cc1ccc(CN2CCCN(C(=O)Cn3nc(C)c4ccccc4c3=O)CC2)cc1. The van der Waals surface area contributed by atoms with Crippen LogP contribution in [0.1, 0.15) is 23.2 Å². The highest BCUT2D eigenvalue weighted by Crippen LogP contribution is 2.13. The molecule has 1 aliphatic heterocycles. The number of hydrogen-bond donors (Lipinski definition) is 0. The second-order valence-corrected chi connectivity index (χ2v) is 8.09. The Morgan fingerprint density at radius 2 is 1.67 bits per heavy atom. The predicted molar refractivity (Wildman–Crippen MR) is 118 cm³/mol. The van der Waals surface area contributed by atoms with Gasteiger partial charge in [-0.15, -0.1) is 0 Å². The van der Waals surface area contributed by atoms with Crippen LogP contribution in [0.25, 0.3) is 10.8 Å². The van der Waals surface area contributed by atoms with Crippen molar-refractivity contribution in [2.24, 2.45) is 0 Å². The number of carbonyl (C=O) groups is 1. The maximum absolute atomic E-state index is 12.9. The van der Waals surface area contributed by atoms with Gasteiger partial charge in [0.25, 0.3) is 5.56 Å². The van der Waals surface area contributed by atoms with Crippen molar-refractivity contribution in [3.63, 3.8) is 0 Å². The van der Waals surface area contributed by atoms with Crippen molar-refractivity contribution in [2.75, 3.05) is 26.2 Å². The van der Waals surface area contributed by atoms with Crippen molar-refractivity contribution < 1.29 is 4.79 Å². The van der Waals surface area contributed by atoms with Crippen LogP contribution in [0.3, 0.4) is 0 Å². The minimum absolute atomic E-state index is 0.0114. The van der Waals surface area contributed by atoms with Gasteiger partial charge in [0.05, 0.1) is 11.1 Å². The molecule has 2 heterocycles. The standard InChI is InChI=1S/C24H28N4O2/c1-18-8-10-20(11-9-18)16-26-12-5-13-27(15-14-26)23(29)17-28-24(30)22-7-4-3-6-21(22)19(2)25-28/h3-4,6-11H,5,12-17H2,1-2H3. The number of aromatic nitrogens is 2. The Balaban J connectivity index is 1.42. The zero-order valence-corrected chi connectivity index (χ0v) is 17.7. The fraction of sp³-hybridized carbons (Fsp3) is 0.375. The van der Waals surface area contributed by atoms with Crippen LogP contribution < -0.4 is 5.56 Å². The van der Waals surface area contributed by atoms with Gasteiger partial charge in [0.2, 0.25) is 5.91 Å². The first-order chi connectivity index (χ1) is 14.5.